The van der Waals surface area contributed by atoms with Gasteiger partial charge in [-0.25, -0.2) is 4.39 Å². The number of rotatable bonds is 9. The summed E-state index contributed by atoms with van der Waals surface area (Å²) in [6.07, 6.45) is 1.41. The Labute approximate surface area is 229 Å². The van der Waals surface area contributed by atoms with Crippen LogP contribution in [0.5, 0.6) is 17.2 Å². The van der Waals surface area contributed by atoms with Crippen LogP contribution in [0.15, 0.2) is 114 Å². The number of nitrogens with one attached hydrogen (secondary N) is 2. The average molecular weight is 537 g/mol. The van der Waals surface area contributed by atoms with E-state index in [0.717, 1.165) is 10.2 Å². The Kier molecular flexibility index (Phi) is 7.82. The zero-order valence-electron chi connectivity index (χ0n) is 21.5. The number of aromatic nitrogens is 2. The molecule has 0 aliphatic rings. The van der Waals surface area contributed by atoms with Crippen LogP contribution in [-0.2, 0) is 6.54 Å². The second kappa shape index (κ2) is 12.0. The molecule has 1 amide bonds. The van der Waals surface area contributed by atoms with Crippen LogP contribution in [0.3, 0.4) is 0 Å². The van der Waals surface area contributed by atoms with Crippen LogP contribution in [0.2, 0.25) is 0 Å². The standard InChI is InChI=1S/C31H25FN4O4/c1-39-26-15-17-27(18-16-26)40-28-20-34-36(25-13-9-23(32)10-14-25)31(38)29(28)35-24-11-7-22(8-12-24)30(37)33-19-21-5-3-2-4-6-21/h2-18,20,35H,19H2,1H3,(H,33,37). The third-order valence-electron chi connectivity index (χ3n) is 6.01. The van der Waals surface area contributed by atoms with Crippen molar-refractivity contribution in [3.8, 4) is 22.9 Å². The van der Waals surface area contributed by atoms with Gasteiger partial charge in [-0.15, -0.1) is 0 Å². The number of methoxy groups -OCH3 is 1. The molecular weight excluding hydrogens is 511 g/mol. The highest BCUT2D eigenvalue weighted by Gasteiger charge is 2.16. The summed E-state index contributed by atoms with van der Waals surface area (Å²) in [6, 6.07) is 28.6. The maximum atomic E-state index is 13.5. The second-order valence-corrected chi connectivity index (χ2v) is 8.73. The van der Waals surface area contributed by atoms with Crippen molar-refractivity contribution in [1.29, 1.82) is 0 Å². The number of halogens is 1. The normalized spacial score (nSPS) is 10.6. The number of hydrogen-bond donors (Lipinski definition) is 2. The third-order valence-corrected chi connectivity index (χ3v) is 6.01. The molecule has 0 aliphatic heterocycles. The molecule has 2 N–H and O–H groups in total. The van der Waals surface area contributed by atoms with E-state index >= 15 is 0 Å². The lowest BCUT2D eigenvalue weighted by Crippen LogP contribution is -2.24. The molecule has 0 saturated carbocycles. The molecule has 40 heavy (non-hydrogen) atoms. The number of nitrogens with zero attached hydrogens (tertiary/aromatic N) is 2. The smallest absolute Gasteiger partial charge is 0.299 e. The summed E-state index contributed by atoms with van der Waals surface area (Å²) in [5.74, 6) is 0.653. The average Bonchev–Trinajstić information content (AvgIpc) is 2.99. The predicted octanol–water partition coefficient (Wildman–Crippen LogP) is 5.85. The fraction of sp³-hybridized carbons (Fsp3) is 0.0645. The minimum Gasteiger partial charge on any atom is -0.497 e. The van der Waals surface area contributed by atoms with Gasteiger partial charge < -0.3 is 20.1 Å². The Morgan fingerprint density at radius 3 is 2.23 bits per heavy atom. The molecule has 0 spiro atoms. The van der Waals surface area contributed by atoms with Crippen LogP contribution in [0.1, 0.15) is 15.9 Å². The van der Waals surface area contributed by atoms with E-state index in [4.69, 9.17) is 9.47 Å². The van der Waals surface area contributed by atoms with Crippen LogP contribution in [0, 0.1) is 5.82 Å². The number of amides is 1. The van der Waals surface area contributed by atoms with E-state index in [1.54, 1.807) is 55.6 Å². The van der Waals surface area contributed by atoms with Gasteiger partial charge in [0.05, 0.1) is 19.0 Å². The summed E-state index contributed by atoms with van der Waals surface area (Å²) >= 11 is 0. The maximum absolute atomic E-state index is 13.5. The van der Waals surface area contributed by atoms with Crippen molar-refractivity contribution in [2.24, 2.45) is 0 Å². The molecule has 1 heterocycles. The summed E-state index contributed by atoms with van der Waals surface area (Å²) in [7, 11) is 1.56. The van der Waals surface area contributed by atoms with Gasteiger partial charge in [0.1, 0.15) is 17.3 Å². The highest BCUT2D eigenvalue weighted by atomic mass is 19.1. The molecule has 0 unspecified atom stereocenters. The molecule has 1 aromatic heterocycles. The van der Waals surface area contributed by atoms with Crippen LogP contribution in [0.25, 0.3) is 5.69 Å². The van der Waals surface area contributed by atoms with Gasteiger partial charge in [-0.2, -0.15) is 9.78 Å². The molecule has 0 aliphatic carbocycles. The maximum Gasteiger partial charge on any atom is 0.299 e. The van der Waals surface area contributed by atoms with E-state index in [1.807, 2.05) is 30.3 Å². The largest absolute Gasteiger partial charge is 0.497 e. The Morgan fingerprint density at radius 1 is 0.875 bits per heavy atom. The van der Waals surface area contributed by atoms with Gasteiger partial charge in [-0.3, -0.25) is 9.59 Å². The molecule has 0 radical (unpaired) electrons. The Balaban J connectivity index is 1.41. The van der Waals surface area contributed by atoms with Gasteiger partial charge >= 0.3 is 0 Å². The van der Waals surface area contributed by atoms with E-state index in [2.05, 4.69) is 15.7 Å². The van der Waals surface area contributed by atoms with E-state index in [9.17, 15) is 14.0 Å². The third kappa shape index (κ3) is 6.16. The minimum atomic E-state index is -0.512. The first kappa shape index (κ1) is 26.2. The predicted molar refractivity (Wildman–Crippen MR) is 150 cm³/mol. The number of ether oxygens (including phenoxy) is 2. The summed E-state index contributed by atoms with van der Waals surface area (Å²) < 4.78 is 25.8. The number of benzene rings is 4. The van der Waals surface area contributed by atoms with Crippen molar-refractivity contribution < 1.29 is 18.7 Å². The highest BCUT2D eigenvalue weighted by molar-refractivity contribution is 5.94. The van der Waals surface area contributed by atoms with Crippen molar-refractivity contribution in [2.45, 2.75) is 6.54 Å². The molecule has 9 heteroatoms. The SMILES string of the molecule is COc1ccc(Oc2cnn(-c3ccc(F)cc3)c(=O)c2Nc2ccc(C(=O)NCc3ccccc3)cc2)cc1. The zero-order chi connectivity index (χ0) is 27.9. The lowest BCUT2D eigenvalue weighted by atomic mass is 10.1. The van der Waals surface area contributed by atoms with Crippen molar-refractivity contribution >= 4 is 17.3 Å². The quantitative estimate of drug-likeness (QED) is 0.246. The molecule has 0 fully saturated rings. The number of hydrogen-bond acceptors (Lipinski definition) is 6. The van der Waals surface area contributed by atoms with Crippen molar-refractivity contribution in [3.05, 3.63) is 137 Å². The molecule has 4 aromatic carbocycles. The van der Waals surface area contributed by atoms with Gasteiger partial charge in [0.2, 0.25) is 0 Å². The lowest BCUT2D eigenvalue weighted by Gasteiger charge is -2.15. The van der Waals surface area contributed by atoms with Gasteiger partial charge in [-0.05, 0) is 78.4 Å². The van der Waals surface area contributed by atoms with Crippen LogP contribution in [0.4, 0.5) is 15.8 Å². The van der Waals surface area contributed by atoms with Crippen molar-refractivity contribution in [2.75, 3.05) is 12.4 Å². The van der Waals surface area contributed by atoms with Gasteiger partial charge in [0.15, 0.2) is 11.4 Å². The van der Waals surface area contributed by atoms with Gasteiger partial charge in [0.25, 0.3) is 11.5 Å². The van der Waals surface area contributed by atoms with Crippen LogP contribution < -0.4 is 25.7 Å². The fourth-order valence-electron chi connectivity index (χ4n) is 3.90. The monoisotopic (exact) mass is 536 g/mol. The summed E-state index contributed by atoms with van der Waals surface area (Å²) in [5, 5.41) is 10.2. The molecule has 0 bridgehead atoms. The van der Waals surface area contributed by atoms with E-state index in [1.165, 1.54) is 30.5 Å². The van der Waals surface area contributed by atoms with Crippen molar-refractivity contribution in [1.82, 2.24) is 15.1 Å². The van der Waals surface area contributed by atoms with Crippen molar-refractivity contribution in [3.63, 3.8) is 0 Å². The summed E-state index contributed by atoms with van der Waals surface area (Å²) in [4.78, 5) is 26.2. The highest BCUT2D eigenvalue weighted by Crippen LogP contribution is 2.30. The Morgan fingerprint density at radius 2 is 1.55 bits per heavy atom. The summed E-state index contributed by atoms with van der Waals surface area (Å²) in [6.45, 7) is 0.408. The first-order valence-corrected chi connectivity index (χ1v) is 12.4. The molecule has 5 rings (SSSR count). The Bertz CT molecular complexity index is 1650. The number of anilines is 2. The van der Waals surface area contributed by atoms with Crippen LogP contribution >= 0.6 is 0 Å². The molecular formula is C31H25FN4O4. The zero-order valence-corrected chi connectivity index (χ0v) is 21.5. The minimum absolute atomic E-state index is 0.108. The number of carbonyl (C=O) groups is 1. The topological polar surface area (TPSA) is 94.5 Å². The van der Waals surface area contributed by atoms with E-state index < -0.39 is 11.4 Å². The second-order valence-electron chi connectivity index (χ2n) is 8.73. The van der Waals surface area contributed by atoms with E-state index in [0.29, 0.717) is 35.0 Å². The molecule has 5 aromatic rings. The molecule has 0 saturated heterocycles. The first-order chi connectivity index (χ1) is 19.5. The molecule has 0 atom stereocenters. The molecule has 200 valence electrons. The summed E-state index contributed by atoms with van der Waals surface area (Å²) in [5.41, 5.74) is 1.99. The van der Waals surface area contributed by atoms with E-state index in [-0.39, 0.29) is 17.3 Å². The van der Waals surface area contributed by atoms with Crippen LogP contribution in [-0.4, -0.2) is 22.8 Å². The van der Waals surface area contributed by atoms with Gasteiger partial charge in [-0.1, -0.05) is 30.3 Å². The lowest BCUT2D eigenvalue weighted by molar-refractivity contribution is 0.0951. The number of carbonyl (C=O) groups excluding carboxylic acids is 1. The fourth-order valence-corrected chi connectivity index (χ4v) is 3.90. The molecule has 8 nitrogen and oxygen atoms in total. The first-order valence-electron chi connectivity index (χ1n) is 12.4. The van der Waals surface area contributed by atoms with Gasteiger partial charge in [0, 0.05) is 17.8 Å². The Hall–Kier alpha value is -5.44.